The Labute approximate surface area is 124 Å². The van der Waals surface area contributed by atoms with Gasteiger partial charge in [-0.25, -0.2) is 0 Å². The van der Waals surface area contributed by atoms with Crippen molar-refractivity contribution < 1.29 is 19.1 Å². The van der Waals surface area contributed by atoms with Crippen LogP contribution >= 0.6 is 0 Å². The highest BCUT2D eigenvalue weighted by atomic mass is 16.4. The van der Waals surface area contributed by atoms with Crippen molar-refractivity contribution in [1.29, 1.82) is 0 Å². The van der Waals surface area contributed by atoms with Crippen LogP contribution in [0.5, 0.6) is 0 Å². The molecule has 116 valence electrons. The van der Waals surface area contributed by atoms with Gasteiger partial charge in [0.1, 0.15) is 11.5 Å². The van der Waals surface area contributed by atoms with E-state index in [1.54, 1.807) is 13.0 Å². The van der Waals surface area contributed by atoms with Crippen molar-refractivity contribution >= 4 is 11.9 Å². The zero-order valence-corrected chi connectivity index (χ0v) is 12.8. The molecule has 2 N–H and O–H groups in total. The Morgan fingerprint density at radius 2 is 1.90 bits per heavy atom. The van der Waals surface area contributed by atoms with Gasteiger partial charge in [-0.3, -0.25) is 9.59 Å². The number of carboxylic acids is 1. The third kappa shape index (κ3) is 3.65. The van der Waals surface area contributed by atoms with Gasteiger partial charge in [-0.2, -0.15) is 0 Å². The molecule has 5 nitrogen and oxygen atoms in total. The number of carboxylic acid groups (broad SMARTS) is 1. The maximum absolute atomic E-state index is 12.3. The number of nitrogens with one attached hydrogen (secondary N) is 1. The van der Waals surface area contributed by atoms with Crippen molar-refractivity contribution in [2.24, 2.45) is 5.92 Å². The maximum atomic E-state index is 12.3. The van der Waals surface area contributed by atoms with Crippen LogP contribution in [0.15, 0.2) is 10.5 Å². The zero-order chi connectivity index (χ0) is 15.6. The second kappa shape index (κ2) is 6.33. The molecule has 0 aliphatic heterocycles. The average molecular weight is 293 g/mol. The predicted octanol–water partition coefficient (Wildman–Crippen LogP) is 3.08. The van der Waals surface area contributed by atoms with Crippen LogP contribution in [0.25, 0.3) is 0 Å². The summed E-state index contributed by atoms with van der Waals surface area (Å²) in [6.07, 6.45) is 2.69. The summed E-state index contributed by atoms with van der Waals surface area (Å²) >= 11 is 0. The maximum Gasteiger partial charge on any atom is 0.306 e. The number of amides is 1. The van der Waals surface area contributed by atoms with Crippen LogP contribution in [0.3, 0.4) is 0 Å². The molecule has 1 amide bonds. The molecule has 1 aromatic rings. The Morgan fingerprint density at radius 3 is 2.38 bits per heavy atom. The summed E-state index contributed by atoms with van der Waals surface area (Å²) in [5.74, 6) is 0.578. The highest BCUT2D eigenvalue weighted by Gasteiger charge is 2.27. The lowest BCUT2D eigenvalue weighted by molar-refractivity contribution is -0.142. The largest absolute Gasteiger partial charge is 0.481 e. The van der Waals surface area contributed by atoms with E-state index in [0.717, 1.165) is 18.6 Å². The Morgan fingerprint density at radius 1 is 1.29 bits per heavy atom. The molecule has 0 spiro atoms. The molecule has 1 aromatic heterocycles. The van der Waals surface area contributed by atoms with Crippen molar-refractivity contribution in [3.05, 3.63) is 23.2 Å². The van der Waals surface area contributed by atoms with E-state index in [2.05, 4.69) is 5.32 Å². The molecular weight excluding hydrogens is 270 g/mol. The lowest BCUT2D eigenvalue weighted by Crippen LogP contribution is -2.38. The number of aryl methyl sites for hydroxylation is 1. The third-order valence-electron chi connectivity index (χ3n) is 4.16. The van der Waals surface area contributed by atoms with Crippen LogP contribution in [0.4, 0.5) is 0 Å². The third-order valence-corrected chi connectivity index (χ3v) is 4.16. The summed E-state index contributed by atoms with van der Waals surface area (Å²) in [5.41, 5.74) is 0.582. The normalized spacial score (nSPS) is 22.3. The first-order chi connectivity index (χ1) is 9.88. The first-order valence-corrected chi connectivity index (χ1v) is 7.52. The Hall–Kier alpha value is -1.78. The number of hydrogen-bond donors (Lipinski definition) is 2. The van der Waals surface area contributed by atoms with Crippen LogP contribution in [0.2, 0.25) is 0 Å². The molecule has 0 saturated heterocycles. The van der Waals surface area contributed by atoms with Gasteiger partial charge in [0, 0.05) is 12.0 Å². The van der Waals surface area contributed by atoms with Gasteiger partial charge in [0.15, 0.2) is 0 Å². The minimum absolute atomic E-state index is 0.0601. The van der Waals surface area contributed by atoms with Crippen LogP contribution in [0, 0.1) is 12.8 Å². The number of hydrogen-bond acceptors (Lipinski definition) is 3. The summed E-state index contributed by atoms with van der Waals surface area (Å²) in [4.78, 5) is 23.2. The molecule has 1 heterocycles. The summed E-state index contributed by atoms with van der Waals surface area (Å²) in [6, 6.07) is 1.86. The van der Waals surface area contributed by atoms with E-state index in [0.29, 0.717) is 24.2 Å². The number of rotatable bonds is 4. The molecule has 1 saturated carbocycles. The Bertz CT molecular complexity index is 524. The molecule has 0 atom stereocenters. The fraction of sp³-hybridized carbons (Fsp3) is 0.625. The molecule has 0 unspecified atom stereocenters. The molecule has 2 rings (SSSR count). The van der Waals surface area contributed by atoms with Crippen molar-refractivity contribution in [2.75, 3.05) is 0 Å². The molecule has 1 fully saturated rings. The van der Waals surface area contributed by atoms with E-state index in [1.807, 2.05) is 13.8 Å². The lowest BCUT2D eigenvalue weighted by Gasteiger charge is -2.26. The van der Waals surface area contributed by atoms with Crippen molar-refractivity contribution in [3.8, 4) is 0 Å². The lowest BCUT2D eigenvalue weighted by atomic mass is 9.86. The van der Waals surface area contributed by atoms with E-state index in [4.69, 9.17) is 9.52 Å². The second-order valence-electron chi connectivity index (χ2n) is 6.13. The Kier molecular flexibility index (Phi) is 4.70. The predicted molar refractivity (Wildman–Crippen MR) is 78.4 cm³/mol. The second-order valence-corrected chi connectivity index (χ2v) is 6.13. The summed E-state index contributed by atoms with van der Waals surface area (Å²) in [5, 5.41) is 12.0. The van der Waals surface area contributed by atoms with Gasteiger partial charge in [-0.15, -0.1) is 0 Å². The van der Waals surface area contributed by atoms with Crippen LogP contribution in [0.1, 0.15) is 67.3 Å². The quantitative estimate of drug-likeness (QED) is 0.894. The standard InChI is InChI=1S/C16H23NO4/c1-9(2)14-8-13(10(3)21-14)15(18)17-12-6-4-11(5-7-12)16(19)20/h8-9,11-12H,4-7H2,1-3H3,(H,17,18)(H,19,20). The smallest absolute Gasteiger partial charge is 0.306 e. The molecule has 21 heavy (non-hydrogen) atoms. The highest BCUT2D eigenvalue weighted by Crippen LogP contribution is 2.26. The molecule has 1 aliphatic rings. The monoisotopic (exact) mass is 293 g/mol. The minimum atomic E-state index is -0.730. The van der Waals surface area contributed by atoms with E-state index in [9.17, 15) is 9.59 Å². The average Bonchev–Trinajstić information content (AvgIpc) is 2.81. The van der Waals surface area contributed by atoms with Crippen LogP contribution in [-0.2, 0) is 4.79 Å². The minimum Gasteiger partial charge on any atom is -0.481 e. The number of carbonyl (C=O) groups is 2. The van der Waals surface area contributed by atoms with E-state index in [-0.39, 0.29) is 23.8 Å². The van der Waals surface area contributed by atoms with Gasteiger partial charge in [0.25, 0.3) is 5.91 Å². The van der Waals surface area contributed by atoms with Gasteiger partial charge in [-0.05, 0) is 38.7 Å². The fourth-order valence-corrected chi connectivity index (χ4v) is 2.76. The molecule has 0 aromatic carbocycles. The fourth-order valence-electron chi connectivity index (χ4n) is 2.76. The van der Waals surface area contributed by atoms with Crippen LogP contribution < -0.4 is 5.32 Å². The first-order valence-electron chi connectivity index (χ1n) is 7.52. The molecule has 0 bridgehead atoms. The van der Waals surface area contributed by atoms with E-state index >= 15 is 0 Å². The summed E-state index contributed by atoms with van der Waals surface area (Å²) < 4.78 is 5.60. The molecular formula is C16H23NO4. The summed E-state index contributed by atoms with van der Waals surface area (Å²) in [6.45, 7) is 5.84. The molecule has 1 aliphatic carbocycles. The van der Waals surface area contributed by atoms with E-state index < -0.39 is 5.97 Å². The number of carbonyl (C=O) groups excluding carboxylic acids is 1. The first kappa shape index (κ1) is 15.6. The SMILES string of the molecule is Cc1oc(C(C)C)cc1C(=O)NC1CCC(C(=O)O)CC1. The van der Waals surface area contributed by atoms with E-state index in [1.165, 1.54) is 0 Å². The van der Waals surface area contributed by atoms with Crippen molar-refractivity contribution in [2.45, 2.75) is 58.4 Å². The topological polar surface area (TPSA) is 79.5 Å². The molecule has 5 heteroatoms. The van der Waals surface area contributed by atoms with Gasteiger partial charge in [0.05, 0.1) is 11.5 Å². The zero-order valence-electron chi connectivity index (χ0n) is 12.8. The highest BCUT2D eigenvalue weighted by molar-refractivity contribution is 5.95. The van der Waals surface area contributed by atoms with Gasteiger partial charge >= 0.3 is 5.97 Å². The van der Waals surface area contributed by atoms with Crippen molar-refractivity contribution in [1.82, 2.24) is 5.32 Å². The number of aliphatic carboxylic acids is 1. The van der Waals surface area contributed by atoms with Crippen molar-refractivity contribution in [3.63, 3.8) is 0 Å². The number of furan rings is 1. The Balaban J connectivity index is 1.95. The van der Waals surface area contributed by atoms with Gasteiger partial charge in [0.2, 0.25) is 0 Å². The van der Waals surface area contributed by atoms with Gasteiger partial charge < -0.3 is 14.8 Å². The summed E-state index contributed by atoms with van der Waals surface area (Å²) in [7, 11) is 0. The molecule has 0 radical (unpaired) electrons. The van der Waals surface area contributed by atoms with Crippen LogP contribution in [-0.4, -0.2) is 23.0 Å². The van der Waals surface area contributed by atoms with Gasteiger partial charge in [-0.1, -0.05) is 13.8 Å².